The highest BCUT2D eigenvalue weighted by molar-refractivity contribution is 5.82. The van der Waals surface area contributed by atoms with Crippen molar-refractivity contribution in [2.75, 3.05) is 119 Å². The summed E-state index contributed by atoms with van der Waals surface area (Å²) in [7, 11) is 1.78. The summed E-state index contributed by atoms with van der Waals surface area (Å²) in [6.45, 7) is 11.3. The van der Waals surface area contributed by atoms with E-state index in [1.165, 1.54) is 0 Å². The smallest absolute Gasteiger partial charge is 0.222 e. The van der Waals surface area contributed by atoms with Crippen molar-refractivity contribution in [2.45, 2.75) is 84.1 Å². The van der Waals surface area contributed by atoms with Crippen LogP contribution in [0.1, 0.15) is 78.1 Å². The van der Waals surface area contributed by atoms with Crippen LogP contribution >= 0.6 is 0 Å². The number of ether oxygens (including phenoxy) is 8. The van der Waals surface area contributed by atoms with Crippen LogP contribution in [0.4, 0.5) is 0 Å². The Hall–Kier alpha value is -1.88. The van der Waals surface area contributed by atoms with E-state index in [2.05, 4.69) is 10.6 Å². The average molecular weight is 733 g/mol. The van der Waals surface area contributed by atoms with Gasteiger partial charge in [-0.3, -0.25) is 19.2 Å². The maximum Gasteiger partial charge on any atom is 0.222 e. The summed E-state index contributed by atoms with van der Waals surface area (Å²) in [6.07, 6.45) is 7.43. The first-order valence-electron chi connectivity index (χ1n) is 18.9. The van der Waals surface area contributed by atoms with Gasteiger partial charge in [-0.2, -0.15) is 0 Å². The second kappa shape index (κ2) is 33.9. The van der Waals surface area contributed by atoms with Gasteiger partial charge in [0.1, 0.15) is 17.3 Å². The second-order valence-electron chi connectivity index (χ2n) is 12.7. The van der Waals surface area contributed by atoms with E-state index in [-0.39, 0.29) is 35.4 Å². The highest BCUT2D eigenvalue weighted by Gasteiger charge is 2.27. The first-order valence-corrected chi connectivity index (χ1v) is 18.9. The molecule has 0 radical (unpaired) electrons. The first-order chi connectivity index (χ1) is 24.8. The maximum atomic E-state index is 12.3. The quantitative estimate of drug-likeness (QED) is 0.0897. The minimum Gasteiger partial charge on any atom is -0.379 e. The van der Waals surface area contributed by atoms with E-state index in [0.29, 0.717) is 131 Å². The Bertz CT molecular complexity index is 886. The summed E-state index contributed by atoms with van der Waals surface area (Å²) in [5.41, 5.74) is 0. The predicted molar refractivity (Wildman–Crippen MR) is 192 cm³/mol. The highest BCUT2D eigenvalue weighted by atomic mass is 16.6. The number of Topliss-reactive ketones (excluding diaryl/α,β-unsaturated/α-hetero) is 3. The summed E-state index contributed by atoms with van der Waals surface area (Å²) in [4.78, 5) is 47.0. The van der Waals surface area contributed by atoms with Gasteiger partial charge in [0.2, 0.25) is 5.91 Å². The molecule has 0 bridgehead atoms. The lowest BCUT2D eigenvalue weighted by atomic mass is 9.78. The third kappa shape index (κ3) is 28.3. The third-order valence-corrected chi connectivity index (χ3v) is 8.63. The van der Waals surface area contributed by atoms with Gasteiger partial charge in [0, 0.05) is 37.8 Å². The molecule has 1 rings (SSSR count). The van der Waals surface area contributed by atoms with Gasteiger partial charge in [0.15, 0.2) is 0 Å². The average Bonchev–Trinajstić information content (AvgIpc) is 3.12. The van der Waals surface area contributed by atoms with E-state index in [1.807, 2.05) is 0 Å². The number of amides is 1. The van der Waals surface area contributed by atoms with Gasteiger partial charge in [-0.25, -0.2) is 0 Å². The highest BCUT2D eigenvalue weighted by Crippen LogP contribution is 2.30. The van der Waals surface area contributed by atoms with Crippen molar-refractivity contribution < 1.29 is 57.1 Å². The summed E-state index contributed by atoms with van der Waals surface area (Å²) in [5, 5.41) is 5.87. The van der Waals surface area contributed by atoms with Crippen LogP contribution in [-0.4, -0.2) is 149 Å². The van der Waals surface area contributed by atoms with Crippen LogP contribution in [0.2, 0.25) is 0 Å². The molecule has 1 atom stereocenters. The Morgan fingerprint density at radius 2 is 0.941 bits per heavy atom. The lowest BCUT2D eigenvalue weighted by Gasteiger charge is -2.25. The molecule has 0 aromatic rings. The van der Waals surface area contributed by atoms with Crippen LogP contribution in [0, 0.1) is 11.8 Å². The summed E-state index contributed by atoms with van der Waals surface area (Å²) in [6, 6.07) is -0.108. The molecule has 0 aliphatic heterocycles. The van der Waals surface area contributed by atoms with Crippen molar-refractivity contribution in [1.82, 2.24) is 10.6 Å². The zero-order chi connectivity index (χ0) is 37.2. The van der Waals surface area contributed by atoms with Crippen LogP contribution in [0.15, 0.2) is 0 Å². The number of nitrogens with one attached hydrogen (secondary N) is 2. The van der Waals surface area contributed by atoms with Gasteiger partial charge < -0.3 is 48.5 Å². The molecule has 2 N–H and O–H groups in total. The molecular formula is C37H68N2O12. The Morgan fingerprint density at radius 1 is 0.529 bits per heavy atom. The second-order valence-corrected chi connectivity index (χ2v) is 12.7. The fraction of sp³-hybridized carbons (Fsp3) is 0.892. The molecule has 1 aliphatic carbocycles. The first kappa shape index (κ1) is 47.1. The molecule has 0 aromatic heterocycles. The van der Waals surface area contributed by atoms with E-state index in [1.54, 1.807) is 20.9 Å². The number of carbonyl (C=O) groups is 4. The number of ketones is 3. The van der Waals surface area contributed by atoms with Gasteiger partial charge in [-0.05, 0) is 72.3 Å². The molecular weight excluding hydrogens is 664 g/mol. The maximum absolute atomic E-state index is 12.3. The molecule has 0 aromatic carbocycles. The molecule has 0 heterocycles. The van der Waals surface area contributed by atoms with Gasteiger partial charge in [0.05, 0.1) is 105 Å². The minimum atomic E-state index is -0.108. The van der Waals surface area contributed by atoms with Gasteiger partial charge >= 0.3 is 0 Å². The lowest BCUT2D eigenvalue weighted by Crippen LogP contribution is -2.32. The Balaban J connectivity index is 1.70. The fourth-order valence-electron chi connectivity index (χ4n) is 5.52. The fourth-order valence-corrected chi connectivity index (χ4v) is 5.52. The summed E-state index contributed by atoms with van der Waals surface area (Å²) in [5.74, 6) is 0.921. The molecule has 14 nitrogen and oxygen atoms in total. The molecule has 0 spiro atoms. The monoisotopic (exact) mass is 732 g/mol. The van der Waals surface area contributed by atoms with E-state index in [9.17, 15) is 19.2 Å². The van der Waals surface area contributed by atoms with Gasteiger partial charge in [0.25, 0.3) is 0 Å². The van der Waals surface area contributed by atoms with Crippen molar-refractivity contribution in [3.8, 4) is 0 Å². The van der Waals surface area contributed by atoms with E-state index < -0.39 is 0 Å². The number of carbonyl (C=O) groups excluding carboxylic acids is 4. The number of rotatable bonds is 37. The zero-order valence-electron chi connectivity index (χ0n) is 31.7. The SMILES string of the molecule is CNC(CCCCNC(=O)CCOCCOCCOCCOCCOCCOCCOCCOCCCC(=O)C1CCC(C(C)=O)CC1)C(C)=O. The molecule has 1 aliphatic rings. The van der Waals surface area contributed by atoms with Gasteiger partial charge in [-0.1, -0.05) is 0 Å². The van der Waals surface area contributed by atoms with Crippen molar-refractivity contribution in [3.63, 3.8) is 0 Å². The molecule has 1 saturated carbocycles. The lowest BCUT2D eigenvalue weighted by molar-refractivity contribution is -0.127. The Labute approximate surface area is 306 Å². The molecule has 1 unspecified atom stereocenters. The van der Waals surface area contributed by atoms with Crippen LogP contribution in [0.25, 0.3) is 0 Å². The predicted octanol–water partition coefficient (Wildman–Crippen LogP) is 2.72. The number of hydrogen-bond acceptors (Lipinski definition) is 13. The Kier molecular flexibility index (Phi) is 31.4. The number of likely N-dealkylation sites (N-methyl/N-ethyl adjacent to an activating group) is 1. The third-order valence-electron chi connectivity index (χ3n) is 8.63. The molecule has 0 saturated heterocycles. The van der Waals surface area contributed by atoms with E-state index >= 15 is 0 Å². The molecule has 298 valence electrons. The van der Waals surface area contributed by atoms with Crippen molar-refractivity contribution in [3.05, 3.63) is 0 Å². The van der Waals surface area contributed by atoms with Crippen molar-refractivity contribution in [1.29, 1.82) is 0 Å². The zero-order valence-corrected chi connectivity index (χ0v) is 31.7. The normalized spacial score (nSPS) is 16.6. The standard InChI is InChI=1S/C37H68N2O12/c1-31(40)33-9-11-34(12-10-33)36(42)8-6-15-44-17-19-46-21-23-48-25-27-50-29-30-51-28-26-49-24-22-47-20-18-45-16-13-37(43)39-14-5-4-7-35(38-3)32(2)41/h33-35,38H,4-30H2,1-3H3,(H,39,43). The number of unbranched alkanes of at least 4 members (excludes halogenated alkanes) is 1. The van der Waals surface area contributed by atoms with Crippen molar-refractivity contribution in [2.24, 2.45) is 11.8 Å². The topological polar surface area (TPSA) is 166 Å². The largest absolute Gasteiger partial charge is 0.379 e. The van der Waals surface area contributed by atoms with Crippen LogP contribution in [0.3, 0.4) is 0 Å². The summed E-state index contributed by atoms with van der Waals surface area (Å²) >= 11 is 0. The van der Waals surface area contributed by atoms with E-state index in [4.69, 9.17) is 37.9 Å². The van der Waals surface area contributed by atoms with Crippen molar-refractivity contribution >= 4 is 23.3 Å². The van der Waals surface area contributed by atoms with Crippen LogP contribution in [0.5, 0.6) is 0 Å². The molecule has 1 fully saturated rings. The van der Waals surface area contributed by atoms with Gasteiger partial charge in [-0.15, -0.1) is 0 Å². The van der Waals surface area contributed by atoms with Crippen LogP contribution < -0.4 is 10.6 Å². The van der Waals surface area contributed by atoms with Crippen LogP contribution in [-0.2, 0) is 57.1 Å². The minimum absolute atomic E-state index is 0.0410. The number of hydrogen-bond donors (Lipinski definition) is 2. The molecule has 14 heteroatoms. The van der Waals surface area contributed by atoms with E-state index in [0.717, 1.165) is 51.4 Å². The summed E-state index contributed by atoms with van der Waals surface area (Å²) < 4.78 is 43.9. The molecule has 1 amide bonds. The Morgan fingerprint density at radius 3 is 1.35 bits per heavy atom. The molecule has 51 heavy (non-hydrogen) atoms.